The Bertz CT molecular complexity index is 755. The van der Waals surface area contributed by atoms with E-state index in [2.05, 4.69) is 19.5 Å². The van der Waals surface area contributed by atoms with Gasteiger partial charge in [-0.05, 0) is 25.1 Å². The molecular weight excluding hydrogens is 288 g/mol. The number of halogens is 1. The molecule has 0 aliphatic rings. The van der Waals surface area contributed by atoms with Gasteiger partial charge in [0.2, 0.25) is 0 Å². The number of aromatic nitrogens is 4. The molecule has 1 atom stereocenters. The van der Waals surface area contributed by atoms with Crippen LogP contribution < -0.4 is 4.74 Å². The number of hydrogen-bond acceptors (Lipinski definition) is 4. The second-order valence-corrected chi connectivity index (χ2v) is 5.38. The van der Waals surface area contributed by atoms with Crippen LogP contribution in [0.5, 0.6) is 5.75 Å². The quantitative estimate of drug-likeness (QED) is 0.695. The van der Waals surface area contributed by atoms with Crippen LogP contribution in [-0.2, 0) is 6.54 Å². The van der Waals surface area contributed by atoms with E-state index in [1.807, 2.05) is 31.2 Å². The van der Waals surface area contributed by atoms with Gasteiger partial charge in [0.05, 0.1) is 35.8 Å². The van der Waals surface area contributed by atoms with E-state index >= 15 is 0 Å². The number of rotatable bonds is 4. The molecule has 21 heavy (non-hydrogen) atoms. The van der Waals surface area contributed by atoms with E-state index in [0.717, 1.165) is 28.3 Å². The highest BCUT2D eigenvalue weighted by molar-refractivity contribution is 6.20. The summed E-state index contributed by atoms with van der Waals surface area (Å²) in [5.74, 6) is 1.61. The Morgan fingerprint density at radius 3 is 2.86 bits per heavy atom. The summed E-state index contributed by atoms with van der Waals surface area (Å²) in [4.78, 5) is 12.8. The molecule has 0 radical (unpaired) electrons. The number of fused-ring (bicyclic) bond motifs is 1. The second-order valence-electron chi connectivity index (χ2n) is 4.73. The zero-order chi connectivity index (χ0) is 14.8. The van der Waals surface area contributed by atoms with Gasteiger partial charge in [-0.3, -0.25) is 0 Å². The van der Waals surface area contributed by atoms with Gasteiger partial charge in [-0.25, -0.2) is 15.0 Å². The van der Waals surface area contributed by atoms with Crippen LogP contribution in [0.3, 0.4) is 0 Å². The average Bonchev–Trinajstić information content (AvgIpc) is 2.86. The van der Waals surface area contributed by atoms with Gasteiger partial charge in [0, 0.05) is 12.3 Å². The SMILES string of the molecule is COc1ccc2nc(C(C)Cl)n(Cc3ccncn3)c2c1. The van der Waals surface area contributed by atoms with Crippen molar-refractivity contribution < 1.29 is 4.74 Å². The molecule has 3 rings (SSSR count). The van der Waals surface area contributed by atoms with Crippen molar-refractivity contribution in [1.29, 1.82) is 0 Å². The van der Waals surface area contributed by atoms with Gasteiger partial charge in [0.1, 0.15) is 17.9 Å². The molecule has 0 saturated carbocycles. The predicted molar refractivity (Wildman–Crippen MR) is 81.7 cm³/mol. The second kappa shape index (κ2) is 5.69. The van der Waals surface area contributed by atoms with Gasteiger partial charge in [-0.15, -0.1) is 11.6 Å². The number of alkyl halides is 1. The highest BCUT2D eigenvalue weighted by Gasteiger charge is 2.16. The Labute approximate surface area is 127 Å². The fourth-order valence-electron chi connectivity index (χ4n) is 2.29. The minimum Gasteiger partial charge on any atom is -0.497 e. The van der Waals surface area contributed by atoms with Crippen LogP contribution in [0, 0.1) is 0 Å². The lowest BCUT2D eigenvalue weighted by atomic mass is 10.3. The van der Waals surface area contributed by atoms with Gasteiger partial charge in [-0.2, -0.15) is 0 Å². The Kier molecular flexibility index (Phi) is 3.75. The number of nitrogens with zero attached hydrogens (tertiary/aromatic N) is 4. The molecule has 108 valence electrons. The highest BCUT2D eigenvalue weighted by atomic mass is 35.5. The smallest absolute Gasteiger partial charge is 0.128 e. The largest absolute Gasteiger partial charge is 0.497 e. The highest BCUT2D eigenvalue weighted by Crippen LogP contribution is 2.27. The van der Waals surface area contributed by atoms with Crippen molar-refractivity contribution in [3.05, 3.63) is 48.3 Å². The van der Waals surface area contributed by atoms with Crippen LogP contribution in [-0.4, -0.2) is 26.6 Å². The Morgan fingerprint density at radius 2 is 2.19 bits per heavy atom. The molecule has 2 aromatic heterocycles. The standard InChI is InChI=1S/C15H15ClN4O/c1-10(16)15-19-13-4-3-12(21-2)7-14(13)20(15)8-11-5-6-17-9-18-11/h3-7,9-10H,8H2,1-2H3. The zero-order valence-corrected chi connectivity index (χ0v) is 12.6. The molecule has 1 unspecified atom stereocenters. The number of imidazole rings is 1. The maximum absolute atomic E-state index is 6.27. The summed E-state index contributed by atoms with van der Waals surface area (Å²) in [7, 11) is 1.65. The van der Waals surface area contributed by atoms with Crippen molar-refractivity contribution >= 4 is 22.6 Å². The minimum absolute atomic E-state index is 0.190. The Hall–Kier alpha value is -2.14. The first kappa shape index (κ1) is 13.8. The lowest BCUT2D eigenvalue weighted by Crippen LogP contribution is -2.07. The van der Waals surface area contributed by atoms with Crippen molar-refractivity contribution in [3.8, 4) is 5.75 Å². The van der Waals surface area contributed by atoms with Crippen molar-refractivity contribution in [2.24, 2.45) is 0 Å². The van der Waals surface area contributed by atoms with Crippen molar-refractivity contribution in [3.63, 3.8) is 0 Å². The summed E-state index contributed by atoms with van der Waals surface area (Å²) < 4.78 is 7.36. The van der Waals surface area contributed by atoms with E-state index < -0.39 is 0 Å². The van der Waals surface area contributed by atoms with Gasteiger partial charge in [0.15, 0.2) is 0 Å². The number of methoxy groups -OCH3 is 1. The molecular formula is C15H15ClN4O. The molecule has 5 nitrogen and oxygen atoms in total. The molecule has 0 saturated heterocycles. The molecule has 6 heteroatoms. The van der Waals surface area contributed by atoms with Gasteiger partial charge >= 0.3 is 0 Å². The third-order valence-electron chi connectivity index (χ3n) is 3.30. The minimum atomic E-state index is -0.190. The molecule has 0 fully saturated rings. The molecule has 1 aromatic carbocycles. The summed E-state index contributed by atoms with van der Waals surface area (Å²) in [6.07, 6.45) is 3.27. The van der Waals surface area contributed by atoms with Crippen LogP contribution in [0.25, 0.3) is 11.0 Å². The van der Waals surface area contributed by atoms with E-state index in [1.54, 1.807) is 19.6 Å². The van der Waals surface area contributed by atoms with E-state index in [4.69, 9.17) is 16.3 Å². The van der Waals surface area contributed by atoms with E-state index in [1.165, 1.54) is 0 Å². The van der Waals surface area contributed by atoms with E-state index in [-0.39, 0.29) is 5.38 Å². The lowest BCUT2D eigenvalue weighted by Gasteiger charge is -2.10. The topological polar surface area (TPSA) is 52.8 Å². The average molecular weight is 303 g/mol. The first-order valence-electron chi connectivity index (χ1n) is 6.62. The van der Waals surface area contributed by atoms with Crippen molar-refractivity contribution in [2.45, 2.75) is 18.8 Å². The van der Waals surface area contributed by atoms with Crippen molar-refractivity contribution in [1.82, 2.24) is 19.5 Å². The molecule has 3 aromatic rings. The summed E-state index contributed by atoms with van der Waals surface area (Å²) in [6, 6.07) is 7.68. The predicted octanol–water partition coefficient (Wildman–Crippen LogP) is 3.18. The molecule has 0 N–H and O–H groups in total. The third kappa shape index (κ3) is 2.69. The summed E-state index contributed by atoms with van der Waals surface area (Å²) in [5.41, 5.74) is 2.79. The van der Waals surface area contributed by atoms with Gasteiger partial charge in [0.25, 0.3) is 0 Å². The Morgan fingerprint density at radius 1 is 1.33 bits per heavy atom. The number of hydrogen-bond donors (Lipinski definition) is 0. The molecule has 2 heterocycles. The molecule has 0 aliphatic heterocycles. The maximum atomic E-state index is 6.27. The first-order chi connectivity index (χ1) is 10.2. The van der Waals surface area contributed by atoms with Crippen LogP contribution in [0.4, 0.5) is 0 Å². The monoisotopic (exact) mass is 302 g/mol. The number of benzene rings is 1. The van der Waals surface area contributed by atoms with Crippen molar-refractivity contribution in [2.75, 3.05) is 7.11 Å². The molecule has 0 amide bonds. The summed E-state index contributed by atoms with van der Waals surface area (Å²) in [6.45, 7) is 2.51. The third-order valence-corrected chi connectivity index (χ3v) is 3.50. The maximum Gasteiger partial charge on any atom is 0.128 e. The van der Waals surface area contributed by atoms with Gasteiger partial charge < -0.3 is 9.30 Å². The van der Waals surface area contributed by atoms with Crippen LogP contribution in [0.15, 0.2) is 36.8 Å². The van der Waals surface area contributed by atoms with E-state index in [0.29, 0.717) is 6.54 Å². The van der Waals surface area contributed by atoms with Gasteiger partial charge in [-0.1, -0.05) is 0 Å². The first-order valence-corrected chi connectivity index (χ1v) is 7.06. The van der Waals surface area contributed by atoms with Crippen LogP contribution in [0.2, 0.25) is 0 Å². The molecule has 0 bridgehead atoms. The number of ether oxygens (including phenoxy) is 1. The van der Waals surface area contributed by atoms with E-state index in [9.17, 15) is 0 Å². The molecule has 0 aliphatic carbocycles. The van der Waals surface area contributed by atoms with Crippen LogP contribution >= 0.6 is 11.6 Å². The van der Waals surface area contributed by atoms with Crippen LogP contribution in [0.1, 0.15) is 23.8 Å². The fraction of sp³-hybridized carbons (Fsp3) is 0.267. The zero-order valence-electron chi connectivity index (χ0n) is 11.8. The lowest BCUT2D eigenvalue weighted by molar-refractivity contribution is 0.415. The Balaban J connectivity index is 2.14. The normalized spacial score (nSPS) is 12.5. The fourth-order valence-corrected chi connectivity index (χ4v) is 2.46. The summed E-state index contributed by atoms with van der Waals surface area (Å²) in [5, 5.41) is -0.190. The molecule has 0 spiro atoms. The summed E-state index contributed by atoms with van der Waals surface area (Å²) >= 11 is 6.27.